The van der Waals surface area contributed by atoms with Crippen molar-refractivity contribution in [1.82, 2.24) is 10.3 Å². The molecule has 2 rings (SSSR count). The zero-order valence-corrected chi connectivity index (χ0v) is 9.33. The first-order valence-electron chi connectivity index (χ1n) is 4.98. The molecule has 0 aromatic carbocycles. The van der Waals surface area contributed by atoms with Gasteiger partial charge in [-0.3, -0.25) is 4.79 Å². The minimum atomic E-state index is -0.607. The molecule has 1 saturated heterocycles. The highest BCUT2D eigenvalue weighted by Gasteiger charge is 2.17. The van der Waals surface area contributed by atoms with Crippen LogP contribution in [0.2, 0.25) is 5.15 Å². The van der Waals surface area contributed by atoms with Gasteiger partial charge < -0.3 is 15.8 Å². The van der Waals surface area contributed by atoms with Crippen molar-refractivity contribution in [2.24, 2.45) is 5.73 Å². The number of halogens is 1. The molecular weight excluding hydrogens is 230 g/mol. The van der Waals surface area contributed by atoms with E-state index in [1.807, 2.05) is 0 Å². The Morgan fingerprint density at radius 1 is 1.75 bits per heavy atom. The van der Waals surface area contributed by atoms with Crippen LogP contribution in [0, 0.1) is 0 Å². The number of amides is 1. The van der Waals surface area contributed by atoms with Gasteiger partial charge >= 0.3 is 0 Å². The zero-order chi connectivity index (χ0) is 11.5. The second kappa shape index (κ2) is 4.67. The Bertz CT molecular complexity index is 407. The third-order valence-electron chi connectivity index (χ3n) is 2.46. The Balaban J connectivity index is 2.03. The number of hydrogen-bond donors (Lipinski definition) is 2. The molecule has 1 atom stereocenters. The lowest BCUT2D eigenvalue weighted by Gasteiger charge is -2.27. The average Bonchev–Trinajstić information content (AvgIpc) is 2.17. The van der Waals surface area contributed by atoms with Crippen LogP contribution in [0.1, 0.15) is 16.8 Å². The number of carbonyl (C=O) groups excluding carboxylic acids is 1. The molecule has 0 saturated carbocycles. The molecule has 2 heterocycles. The molecule has 0 aliphatic carbocycles. The summed E-state index contributed by atoms with van der Waals surface area (Å²) in [4.78, 5) is 14.9. The Morgan fingerprint density at radius 2 is 2.50 bits per heavy atom. The Morgan fingerprint density at radius 3 is 3.06 bits per heavy atom. The molecule has 1 aromatic rings. The molecule has 16 heavy (non-hydrogen) atoms. The third kappa shape index (κ3) is 2.43. The summed E-state index contributed by atoms with van der Waals surface area (Å²) in [6, 6.07) is 1.89. The predicted molar refractivity (Wildman–Crippen MR) is 59.7 cm³/mol. The van der Waals surface area contributed by atoms with E-state index in [0.717, 1.165) is 13.0 Å². The second-order valence-corrected chi connectivity index (χ2v) is 3.98. The van der Waals surface area contributed by atoms with Gasteiger partial charge in [0.05, 0.1) is 11.8 Å². The predicted octanol–water partition coefficient (Wildman–Crippen LogP) is 0.575. The second-order valence-electron chi connectivity index (χ2n) is 3.62. The fourth-order valence-corrected chi connectivity index (χ4v) is 1.56. The molecule has 5 nitrogen and oxygen atoms in total. The SMILES string of the molecule is NC(=O)c1cc(OC[C@H]2CCN2)cnc1Cl. The molecule has 0 unspecified atom stereocenters. The molecule has 86 valence electrons. The number of nitrogens with one attached hydrogen (secondary N) is 1. The summed E-state index contributed by atoms with van der Waals surface area (Å²) in [5.41, 5.74) is 5.33. The summed E-state index contributed by atoms with van der Waals surface area (Å²) < 4.78 is 5.46. The molecule has 1 aromatic heterocycles. The first kappa shape index (κ1) is 11.2. The van der Waals surface area contributed by atoms with Crippen molar-refractivity contribution in [3.63, 3.8) is 0 Å². The lowest BCUT2D eigenvalue weighted by molar-refractivity contribution is 0.0999. The number of primary amides is 1. The summed E-state index contributed by atoms with van der Waals surface area (Å²) in [7, 11) is 0. The van der Waals surface area contributed by atoms with Gasteiger partial charge in [-0.1, -0.05) is 11.6 Å². The Labute approximate surface area is 97.9 Å². The quantitative estimate of drug-likeness (QED) is 0.756. The van der Waals surface area contributed by atoms with E-state index in [2.05, 4.69) is 10.3 Å². The maximum Gasteiger partial charge on any atom is 0.251 e. The Hall–Kier alpha value is -1.33. The van der Waals surface area contributed by atoms with Gasteiger partial charge in [-0.05, 0) is 19.0 Å². The van der Waals surface area contributed by atoms with Crippen LogP contribution in [0.4, 0.5) is 0 Å². The van der Waals surface area contributed by atoms with E-state index in [1.165, 1.54) is 12.3 Å². The minimum Gasteiger partial charge on any atom is -0.490 e. The zero-order valence-electron chi connectivity index (χ0n) is 8.57. The summed E-state index contributed by atoms with van der Waals surface area (Å²) in [5.74, 6) is -0.100. The van der Waals surface area contributed by atoms with Crippen LogP contribution >= 0.6 is 11.6 Å². The monoisotopic (exact) mass is 241 g/mol. The van der Waals surface area contributed by atoms with E-state index in [0.29, 0.717) is 18.4 Å². The van der Waals surface area contributed by atoms with Crippen molar-refractivity contribution < 1.29 is 9.53 Å². The van der Waals surface area contributed by atoms with Gasteiger partial charge in [0.1, 0.15) is 17.5 Å². The van der Waals surface area contributed by atoms with Gasteiger partial charge in [-0.25, -0.2) is 4.98 Å². The van der Waals surface area contributed by atoms with E-state index in [4.69, 9.17) is 22.1 Å². The standard InChI is InChI=1S/C10H12ClN3O2/c11-9-8(10(12)15)3-7(4-14-9)16-5-6-1-2-13-6/h3-4,6,13H,1-2,5H2,(H2,12,15)/t6-/m1/s1. The van der Waals surface area contributed by atoms with Crippen LogP contribution in [0.15, 0.2) is 12.3 Å². The van der Waals surface area contributed by atoms with Gasteiger partial charge in [-0.2, -0.15) is 0 Å². The molecular formula is C10H12ClN3O2. The van der Waals surface area contributed by atoms with Gasteiger partial charge in [0.25, 0.3) is 5.91 Å². The molecule has 1 amide bonds. The minimum absolute atomic E-state index is 0.0987. The van der Waals surface area contributed by atoms with E-state index in [1.54, 1.807) is 0 Å². The van der Waals surface area contributed by atoms with Crippen molar-refractivity contribution in [2.45, 2.75) is 12.5 Å². The largest absolute Gasteiger partial charge is 0.490 e. The first-order valence-corrected chi connectivity index (χ1v) is 5.36. The number of nitrogens with two attached hydrogens (primary N) is 1. The number of carbonyl (C=O) groups is 1. The number of nitrogens with zero attached hydrogens (tertiary/aromatic N) is 1. The highest BCUT2D eigenvalue weighted by atomic mass is 35.5. The van der Waals surface area contributed by atoms with Gasteiger partial charge in [0.15, 0.2) is 0 Å². The van der Waals surface area contributed by atoms with E-state index < -0.39 is 5.91 Å². The number of hydrogen-bond acceptors (Lipinski definition) is 4. The van der Waals surface area contributed by atoms with Crippen LogP contribution in [-0.2, 0) is 0 Å². The summed E-state index contributed by atoms with van der Waals surface area (Å²) in [6.45, 7) is 1.58. The van der Waals surface area contributed by atoms with Gasteiger partial charge in [0, 0.05) is 6.04 Å². The lowest BCUT2D eigenvalue weighted by atomic mass is 10.1. The molecule has 0 radical (unpaired) electrons. The lowest BCUT2D eigenvalue weighted by Crippen LogP contribution is -2.46. The fourth-order valence-electron chi connectivity index (χ4n) is 1.37. The normalized spacial score (nSPS) is 18.9. The van der Waals surface area contributed by atoms with Crippen LogP contribution in [0.3, 0.4) is 0 Å². The molecule has 1 fully saturated rings. The van der Waals surface area contributed by atoms with Crippen LogP contribution < -0.4 is 15.8 Å². The van der Waals surface area contributed by atoms with E-state index in [9.17, 15) is 4.79 Å². The summed E-state index contributed by atoms with van der Waals surface area (Å²) >= 11 is 5.71. The number of aromatic nitrogens is 1. The highest BCUT2D eigenvalue weighted by molar-refractivity contribution is 6.32. The number of ether oxygens (including phenoxy) is 1. The van der Waals surface area contributed by atoms with Crippen molar-refractivity contribution >= 4 is 17.5 Å². The average molecular weight is 242 g/mol. The molecule has 1 aliphatic heterocycles. The van der Waals surface area contributed by atoms with Crippen LogP contribution in [-0.4, -0.2) is 30.1 Å². The molecule has 6 heteroatoms. The van der Waals surface area contributed by atoms with E-state index >= 15 is 0 Å². The smallest absolute Gasteiger partial charge is 0.251 e. The van der Waals surface area contributed by atoms with Crippen molar-refractivity contribution in [2.75, 3.05) is 13.2 Å². The number of pyridine rings is 1. The van der Waals surface area contributed by atoms with Crippen molar-refractivity contribution in [1.29, 1.82) is 0 Å². The molecule has 1 aliphatic rings. The van der Waals surface area contributed by atoms with Gasteiger partial charge in [0.2, 0.25) is 0 Å². The molecule has 0 bridgehead atoms. The summed E-state index contributed by atoms with van der Waals surface area (Å²) in [5, 5.41) is 3.30. The summed E-state index contributed by atoms with van der Waals surface area (Å²) in [6.07, 6.45) is 2.58. The van der Waals surface area contributed by atoms with Crippen LogP contribution in [0.5, 0.6) is 5.75 Å². The Kier molecular flexibility index (Phi) is 3.26. The topological polar surface area (TPSA) is 77.2 Å². The maximum atomic E-state index is 11.0. The van der Waals surface area contributed by atoms with Gasteiger partial charge in [-0.15, -0.1) is 0 Å². The maximum absolute atomic E-state index is 11.0. The molecule has 3 N–H and O–H groups in total. The van der Waals surface area contributed by atoms with Crippen molar-refractivity contribution in [3.8, 4) is 5.75 Å². The fraction of sp³-hybridized carbons (Fsp3) is 0.400. The number of rotatable bonds is 4. The van der Waals surface area contributed by atoms with Crippen molar-refractivity contribution in [3.05, 3.63) is 23.0 Å². The van der Waals surface area contributed by atoms with Crippen LogP contribution in [0.25, 0.3) is 0 Å². The van der Waals surface area contributed by atoms with E-state index in [-0.39, 0.29) is 10.7 Å². The highest BCUT2D eigenvalue weighted by Crippen LogP contribution is 2.19. The first-order chi connectivity index (χ1) is 7.66. The molecule has 0 spiro atoms. The third-order valence-corrected chi connectivity index (χ3v) is 2.76.